The van der Waals surface area contributed by atoms with Gasteiger partial charge in [-0.15, -0.1) is 0 Å². The molecule has 0 spiro atoms. The second-order valence-electron chi connectivity index (χ2n) is 21.1. The highest BCUT2D eigenvalue weighted by atomic mass is 16.8. The number of amides is 2. The fourth-order valence-corrected chi connectivity index (χ4v) is 10.3. The van der Waals surface area contributed by atoms with Gasteiger partial charge in [0.25, 0.3) is 0 Å². The van der Waals surface area contributed by atoms with Gasteiger partial charge in [-0.25, -0.2) is 0 Å². The van der Waals surface area contributed by atoms with Gasteiger partial charge < -0.3 is 135 Å². The molecule has 466 valence electrons. The van der Waals surface area contributed by atoms with E-state index in [1.807, 2.05) is 0 Å². The van der Waals surface area contributed by atoms with Crippen LogP contribution in [-0.4, -0.2) is 288 Å². The largest absolute Gasteiger partial charge is 0.394 e. The summed E-state index contributed by atoms with van der Waals surface area (Å²) < 4.78 is 57.9. The third-order valence-electron chi connectivity index (χ3n) is 15.1. The van der Waals surface area contributed by atoms with Crippen molar-refractivity contribution in [3.8, 4) is 0 Å². The van der Waals surface area contributed by atoms with E-state index in [-0.39, 0.29) is 0 Å². The molecule has 0 aromatic heterocycles. The molecule has 17 N–H and O–H groups in total. The molecule has 0 aliphatic carbocycles. The fourth-order valence-electron chi connectivity index (χ4n) is 10.3. The van der Waals surface area contributed by atoms with Crippen molar-refractivity contribution in [2.24, 2.45) is 0 Å². The third kappa shape index (κ3) is 18.1. The summed E-state index contributed by atoms with van der Waals surface area (Å²) in [6.07, 6.45) is -27.4. The molecular formula is C51H90N2O27. The van der Waals surface area contributed by atoms with Crippen LogP contribution in [0.2, 0.25) is 0 Å². The summed E-state index contributed by atoms with van der Waals surface area (Å²) in [5.41, 5.74) is 0. The minimum absolute atomic E-state index is 0.349. The maximum absolute atomic E-state index is 12.7. The molecule has 29 heteroatoms. The Morgan fingerprint density at radius 1 is 0.512 bits per heavy atom. The summed E-state index contributed by atoms with van der Waals surface area (Å²) in [5, 5.41) is 168. The highest BCUT2D eigenvalue weighted by molar-refractivity contribution is 5.73. The summed E-state index contributed by atoms with van der Waals surface area (Å²) >= 11 is 0. The van der Waals surface area contributed by atoms with Gasteiger partial charge in [-0.3, -0.25) is 9.59 Å². The second kappa shape index (κ2) is 34.0. The van der Waals surface area contributed by atoms with Gasteiger partial charge in [0.2, 0.25) is 12.3 Å². The molecule has 2 amide bonds. The predicted octanol–water partition coefficient (Wildman–Crippen LogP) is -6.00. The molecule has 29 nitrogen and oxygen atoms in total. The number of unbranched alkanes of at least 4 members (excludes halogenated alkanes) is 11. The lowest BCUT2D eigenvalue weighted by Gasteiger charge is -2.50. The van der Waals surface area contributed by atoms with E-state index < -0.39 is 205 Å². The van der Waals surface area contributed by atoms with E-state index in [2.05, 4.69) is 17.6 Å². The molecule has 0 aromatic carbocycles. The van der Waals surface area contributed by atoms with E-state index in [0.717, 1.165) is 26.2 Å². The van der Waals surface area contributed by atoms with Crippen LogP contribution in [0, 0.1) is 0 Å². The standard InChI is InChI=1S/C51H90N2O27/c1-4-5-6-7-8-9-10-11-12-13-14-15-16-17-27(60)26(52-23-58)22-71-48-41(69)39(67)44(31(21-57)76-48)77-50-42(70)45(35(63)29(19-55)73-50)79-47-32(53-25(3)59)36(64)43(30(20-56)75-47)78-51-46(38(66)34(62)28(18-54)74-51)80-49-40(68)37(65)33(61)24(2)72-49/h16-17,23-24,26-51,54-57,60-70H,4-15,18-22H2,1-3H3,(H,52,58)(H,53,59)/b17-16+/t24-,26-,27+,28+,29+,30+,31+,32+,33+,34-,35-,36+,37+,38-,39+,40-,41+,42+,43+,44+,45-,46+,47-,48+,49-,50-,51-/m0/s1. The number of nitrogens with one attached hydrogen (secondary N) is 2. The number of rotatable bonds is 32. The van der Waals surface area contributed by atoms with E-state index in [1.165, 1.54) is 64.4 Å². The lowest BCUT2D eigenvalue weighted by molar-refractivity contribution is -0.391. The average molecular weight is 1160 g/mol. The van der Waals surface area contributed by atoms with Crippen molar-refractivity contribution < 1.29 is 134 Å². The van der Waals surface area contributed by atoms with E-state index in [1.54, 1.807) is 6.08 Å². The number of carbonyl (C=O) groups excluding carboxylic acids is 2. The van der Waals surface area contributed by atoms with Gasteiger partial charge in [0, 0.05) is 6.92 Å². The van der Waals surface area contributed by atoms with Crippen LogP contribution in [0.3, 0.4) is 0 Å². The Labute approximate surface area is 464 Å². The van der Waals surface area contributed by atoms with Crippen molar-refractivity contribution in [2.45, 2.75) is 263 Å². The molecule has 0 radical (unpaired) electrons. The van der Waals surface area contributed by atoms with Crippen LogP contribution in [0.15, 0.2) is 12.2 Å². The fraction of sp³-hybridized carbons (Fsp3) is 0.922. The smallest absolute Gasteiger partial charge is 0.217 e. The van der Waals surface area contributed by atoms with E-state index in [9.17, 15) is 86.2 Å². The van der Waals surface area contributed by atoms with E-state index >= 15 is 0 Å². The Hall–Kier alpha value is -2.32. The molecule has 0 saturated carbocycles. The number of hydrogen-bond donors (Lipinski definition) is 17. The van der Waals surface area contributed by atoms with Gasteiger partial charge in [-0.1, -0.05) is 83.3 Å². The zero-order chi connectivity index (χ0) is 58.8. The first-order valence-electron chi connectivity index (χ1n) is 27.8. The molecule has 5 heterocycles. The lowest BCUT2D eigenvalue weighted by atomic mass is 9.94. The van der Waals surface area contributed by atoms with Crippen LogP contribution in [0.5, 0.6) is 0 Å². The first-order valence-corrected chi connectivity index (χ1v) is 27.8. The zero-order valence-electron chi connectivity index (χ0n) is 45.4. The molecule has 0 unspecified atom stereocenters. The van der Waals surface area contributed by atoms with Gasteiger partial charge in [0.1, 0.15) is 116 Å². The zero-order valence-corrected chi connectivity index (χ0v) is 45.4. The van der Waals surface area contributed by atoms with Crippen LogP contribution in [0.4, 0.5) is 0 Å². The van der Waals surface area contributed by atoms with Crippen molar-refractivity contribution in [3.05, 3.63) is 12.2 Å². The van der Waals surface area contributed by atoms with Crippen LogP contribution in [0.25, 0.3) is 0 Å². The number of hydrogen-bond acceptors (Lipinski definition) is 27. The Bertz CT molecular complexity index is 1800. The van der Waals surface area contributed by atoms with Crippen LogP contribution in [-0.2, 0) is 57.0 Å². The van der Waals surface area contributed by atoms with Gasteiger partial charge >= 0.3 is 0 Å². The molecular weight excluding hydrogens is 1070 g/mol. The summed E-state index contributed by atoms with van der Waals surface area (Å²) in [4.78, 5) is 24.2. The molecule has 0 aromatic rings. The first kappa shape index (κ1) is 68.5. The molecule has 0 bridgehead atoms. The Balaban J connectivity index is 1.23. The third-order valence-corrected chi connectivity index (χ3v) is 15.1. The van der Waals surface area contributed by atoms with E-state index in [0.29, 0.717) is 12.8 Å². The van der Waals surface area contributed by atoms with Crippen LogP contribution < -0.4 is 10.6 Å². The molecule has 5 aliphatic heterocycles. The summed E-state index contributed by atoms with van der Waals surface area (Å²) in [6.45, 7) is 0.342. The van der Waals surface area contributed by atoms with Gasteiger partial charge in [0.15, 0.2) is 31.5 Å². The Kier molecular flexibility index (Phi) is 29.1. The number of allylic oxidation sites excluding steroid dienone is 1. The Morgan fingerprint density at radius 3 is 1.57 bits per heavy atom. The van der Waals surface area contributed by atoms with Crippen LogP contribution in [0.1, 0.15) is 97.8 Å². The second-order valence-corrected chi connectivity index (χ2v) is 21.1. The van der Waals surface area contributed by atoms with Crippen molar-refractivity contribution >= 4 is 12.3 Å². The number of aliphatic hydroxyl groups is 15. The highest BCUT2D eigenvalue weighted by Gasteiger charge is 2.57. The van der Waals surface area contributed by atoms with Crippen molar-refractivity contribution in [1.29, 1.82) is 0 Å². The maximum atomic E-state index is 12.7. The lowest BCUT2D eigenvalue weighted by Crippen LogP contribution is -2.70. The number of ether oxygens (including phenoxy) is 10. The minimum atomic E-state index is -2.14. The molecule has 80 heavy (non-hydrogen) atoms. The summed E-state index contributed by atoms with van der Waals surface area (Å²) in [6, 6.07) is -2.79. The number of carbonyl (C=O) groups is 2. The highest BCUT2D eigenvalue weighted by Crippen LogP contribution is 2.36. The van der Waals surface area contributed by atoms with Crippen LogP contribution >= 0.6 is 0 Å². The van der Waals surface area contributed by atoms with Crippen molar-refractivity contribution in [1.82, 2.24) is 10.6 Å². The maximum Gasteiger partial charge on any atom is 0.217 e. The average Bonchev–Trinajstić information content (AvgIpc) is 3.44. The van der Waals surface area contributed by atoms with Gasteiger partial charge in [-0.2, -0.15) is 0 Å². The molecule has 5 rings (SSSR count). The molecule has 27 atom stereocenters. The minimum Gasteiger partial charge on any atom is -0.394 e. The summed E-state index contributed by atoms with van der Waals surface area (Å²) in [5.74, 6) is -0.821. The molecule has 5 saturated heterocycles. The predicted molar refractivity (Wildman–Crippen MR) is 270 cm³/mol. The SMILES string of the molecule is CCCCCCCCCCCCC/C=C/[C@@H](O)[C@H](CO[C@@H]1O[C@H](CO)[C@@H](O[C@@H]2O[C@H](CO)[C@H](O)[C@H](O[C@@H]3O[C@H](CO)[C@@H](O[C@@H]4O[C@H](CO)[C@H](O)[C@H](O)[C@H]4O[C@@H]4O[C@@H](C)[C@@H](O)[C@@H](O)[C@@H]4O)[C@H](O)[C@H]3NC(C)=O)[C@H]2O)[C@H](O)[C@H]1O)NC=O. The van der Waals surface area contributed by atoms with Gasteiger partial charge in [0.05, 0.1) is 51.3 Å². The van der Waals surface area contributed by atoms with Gasteiger partial charge in [-0.05, 0) is 19.8 Å². The number of aliphatic hydroxyl groups excluding tert-OH is 15. The quantitative estimate of drug-likeness (QED) is 0.0169. The first-order chi connectivity index (χ1) is 38.3. The van der Waals surface area contributed by atoms with E-state index in [4.69, 9.17) is 47.4 Å². The monoisotopic (exact) mass is 1160 g/mol. The normalized spacial score (nSPS) is 41.5. The van der Waals surface area contributed by atoms with Crippen molar-refractivity contribution in [3.63, 3.8) is 0 Å². The topological polar surface area (TPSA) is 454 Å². The summed E-state index contributed by atoms with van der Waals surface area (Å²) in [7, 11) is 0. The van der Waals surface area contributed by atoms with Crippen molar-refractivity contribution in [2.75, 3.05) is 33.0 Å². The Morgan fingerprint density at radius 2 is 0.988 bits per heavy atom. The molecule has 5 aliphatic rings. The molecule has 5 fully saturated rings.